The molecule has 2 aromatic heterocycles. The first-order valence-electron chi connectivity index (χ1n) is 16.0. The van der Waals surface area contributed by atoms with Crippen LogP contribution >= 0.6 is 0 Å². The highest BCUT2D eigenvalue weighted by atomic mass is 19.1. The predicted molar refractivity (Wildman–Crippen MR) is 164 cm³/mol. The number of phenolic OH excluding ortho intramolecular Hbond substituents is 1. The van der Waals surface area contributed by atoms with Crippen LogP contribution in [0.3, 0.4) is 0 Å². The second-order valence-corrected chi connectivity index (χ2v) is 13.4. The Balaban J connectivity index is 1.27. The van der Waals surface area contributed by atoms with Gasteiger partial charge in [-0.05, 0) is 79.1 Å². The van der Waals surface area contributed by atoms with Gasteiger partial charge >= 0.3 is 6.01 Å². The maximum absolute atomic E-state index is 16.8. The van der Waals surface area contributed by atoms with Crippen molar-refractivity contribution in [3.63, 3.8) is 0 Å². The monoisotopic (exact) mass is 619 g/mol. The van der Waals surface area contributed by atoms with E-state index in [1.807, 2.05) is 6.92 Å². The molecule has 4 aliphatic rings. The van der Waals surface area contributed by atoms with Crippen LogP contribution in [0, 0.1) is 23.5 Å². The molecule has 0 radical (unpaired) electrons. The Hall–Kier alpha value is -3.70. The summed E-state index contributed by atoms with van der Waals surface area (Å²) >= 11 is 0. The number of benzene rings is 2. The third-order valence-electron chi connectivity index (χ3n) is 10.6. The molecule has 1 saturated carbocycles. The van der Waals surface area contributed by atoms with Gasteiger partial charge in [0.05, 0.1) is 17.0 Å². The van der Waals surface area contributed by atoms with Crippen LogP contribution in [-0.2, 0) is 6.42 Å². The van der Waals surface area contributed by atoms with Crippen LogP contribution < -0.4 is 9.64 Å². The second-order valence-electron chi connectivity index (χ2n) is 13.4. The Morgan fingerprint density at radius 2 is 1.98 bits per heavy atom. The zero-order chi connectivity index (χ0) is 31.0. The molecule has 8 rings (SSSR count). The van der Waals surface area contributed by atoms with Gasteiger partial charge in [-0.15, -0.1) is 0 Å². The van der Waals surface area contributed by atoms with Crippen LogP contribution in [0.15, 0.2) is 30.5 Å². The summed E-state index contributed by atoms with van der Waals surface area (Å²) in [7, 11) is 0. The minimum atomic E-state index is -0.918. The summed E-state index contributed by atoms with van der Waals surface area (Å²) < 4.78 is 52.5. The predicted octanol–water partition coefficient (Wildman–Crippen LogP) is 5.55. The third kappa shape index (κ3) is 4.69. The first-order valence-corrected chi connectivity index (χ1v) is 16.0. The molecule has 5 heterocycles. The fourth-order valence-corrected chi connectivity index (χ4v) is 8.60. The van der Waals surface area contributed by atoms with E-state index >= 15 is 4.39 Å². The van der Waals surface area contributed by atoms with Gasteiger partial charge in [0.1, 0.15) is 41.4 Å². The summed E-state index contributed by atoms with van der Waals surface area (Å²) in [5.41, 5.74) is 0.171. The number of anilines is 1. The van der Waals surface area contributed by atoms with Gasteiger partial charge in [-0.1, -0.05) is 13.0 Å². The maximum atomic E-state index is 16.8. The smallest absolute Gasteiger partial charge is 0.319 e. The lowest BCUT2D eigenvalue weighted by molar-refractivity contribution is 0.107. The molecule has 1 aliphatic carbocycles. The number of phenols is 1. The number of alkyl halides is 1. The minimum absolute atomic E-state index is 0.0000173. The van der Waals surface area contributed by atoms with Crippen molar-refractivity contribution in [2.45, 2.75) is 63.3 Å². The van der Waals surface area contributed by atoms with E-state index in [0.29, 0.717) is 66.4 Å². The number of aryl methyl sites for hydroxylation is 1. The number of hydrogen-bond acceptors (Lipinski definition) is 8. The summed E-state index contributed by atoms with van der Waals surface area (Å²) in [6, 6.07) is 5.84. The molecule has 11 heteroatoms. The van der Waals surface area contributed by atoms with Crippen LogP contribution in [0.2, 0.25) is 0 Å². The molecular formula is C34H36F3N5O3. The highest BCUT2D eigenvalue weighted by Crippen LogP contribution is 2.43. The summed E-state index contributed by atoms with van der Waals surface area (Å²) in [5, 5.41) is 22.6. The van der Waals surface area contributed by atoms with E-state index < -0.39 is 23.3 Å². The standard InChI is InChI=1S/C34H36F3N5O3/c1-2-23-26(36)5-4-19-10-22(43)11-24(28(19)23)30-29(37)31-25(13-38-30)32(41-14-18-8-20(15-41)27(44)9-18)40-33(39-31)45-17-34-6-3-7-42(34)16-21(35)12-34/h4-5,10-11,13,18,20-21,27,43-44H,2-3,6-9,12,14-17H2,1H3/t18-,20-,21-,27-,34+/m1/s1. The zero-order valence-electron chi connectivity index (χ0n) is 25.1. The minimum Gasteiger partial charge on any atom is -0.508 e. The second kappa shape index (κ2) is 10.7. The molecule has 3 aliphatic heterocycles. The summed E-state index contributed by atoms with van der Waals surface area (Å²) in [6.07, 6.45) is 4.39. The molecule has 0 amide bonds. The van der Waals surface area contributed by atoms with Crippen molar-refractivity contribution in [1.29, 1.82) is 0 Å². The van der Waals surface area contributed by atoms with Crippen LogP contribution in [-0.4, -0.2) is 80.7 Å². The van der Waals surface area contributed by atoms with E-state index in [4.69, 9.17) is 9.72 Å². The van der Waals surface area contributed by atoms with E-state index in [9.17, 15) is 19.0 Å². The molecule has 8 nitrogen and oxygen atoms in total. The quantitative estimate of drug-likeness (QED) is 0.290. The van der Waals surface area contributed by atoms with Crippen molar-refractivity contribution >= 4 is 27.5 Å². The van der Waals surface area contributed by atoms with Crippen molar-refractivity contribution in [3.8, 4) is 23.0 Å². The first-order chi connectivity index (χ1) is 21.7. The molecule has 0 unspecified atom stereocenters. The van der Waals surface area contributed by atoms with Crippen molar-refractivity contribution in [2.24, 2.45) is 11.8 Å². The molecule has 4 fully saturated rings. The molecule has 3 saturated heterocycles. The number of aliphatic hydroxyl groups is 1. The highest BCUT2D eigenvalue weighted by molar-refractivity contribution is 6.01. The SMILES string of the molecule is CCc1c(F)ccc2cc(O)cc(-c3ncc4c(N5C[C@@H]6C[C@H](C5)[C@H](O)C6)nc(OC[C@@]56CCCN5C[C@H](F)C6)nc4c3F)c12. The van der Waals surface area contributed by atoms with Crippen LogP contribution in [0.25, 0.3) is 32.9 Å². The molecule has 2 aromatic carbocycles. The summed E-state index contributed by atoms with van der Waals surface area (Å²) in [6.45, 7) is 4.43. The molecular weight excluding hydrogens is 583 g/mol. The largest absolute Gasteiger partial charge is 0.508 e. The molecule has 2 bridgehead atoms. The lowest BCUT2D eigenvalue weighted by Gasteiger charge is -2.34. The average Bonchev–Trinajstić information content (AvgIpc) is 3.63. The molecule has 5 atom stereocenters. The maximum Gasteiger partial charge on any atom is 0.319 e. The Morgan fingerprint density at radius 1 is 1.11 bits per heavy atom. The number of rotatable bonds is 6. The van der Waals surface area contributed by atoms with Crippen LogP contribution in [0.1, 0.15) is 44.6 Å². The molecule has 4 aromatic rings. The van der Waals surface area contributed by atoms with Crippen LogP contribution in [0.5, 0.6) is 11.8 Å². The van der Waals surface area contributed by atoms with E-state index in [1.54, 1.807) is 6.07 Å². The number of halogens is 3. The van der Waals surface area contributed by atoms with Gasteiger partial charge in [0.25, 0.3) is 0 Å². The fraction of sp³-hybridized carbons (Fsp3) is 0.500. The van der Waals surface area contributed by atoms with Crippen molar-refractivity contribution in [2.75, 3.05) is 37.7 Å². The van der Waals surface area contributed by atoms with E-state index in [2.05, 4.69) is 19.8 Å². The van der Waals surface area contributed by atoms with E-state index in [-0.39, 0.29) is 53.1 Å². The topological polar surface area (TPSA) is 94.8 Å². The first kappa shape index (κ1) is 28.8. The number of ether oxygens (including phenoxy) is 1. The number of nitrogens with zero attached hydrogens (tertiary/aromatic N) is 5. The summed E-state index contributed by atoms with van der Waals surface area (Å²) in [5.74, 6) is -0.384. The Morgan fingerprint density at radius 3 is 2.80 bits per heavy atom. The van der Waals surface area contributed by atoms with Gasteiger partial charge in [0.2, 0.25) is 0 Å². The van der Waals surface area contributed by atoms with Gasteiger partial charge in [0, 0.05) is 43.7 Å². The van der Waals surface area contributed by atoms with E-state index in [1.165, 1.54) is 24.4 Å². The number of hydrogen-bond donors (Lipinski definition) is 2. The molecule has 2 N–H and O–H groups in total. The number of aromatic nitrogens is 3. The Bertz CT molecular complexity index is 1820. The Kier molecular flexibility index (Phi) is 6.83. The summed E-state index contributed by atoms with van der Waals surface area (Å²) in [4.78, 5) is 18.1. The number of piperidine rings is 1. The van der Waals surface area contributed by atoms with Gasteiger partial charge in [-0.3, -0.25) is 9.88 Å². The van der Waals surface area contributed by atoms with E-state index in [0.717, 1.165) is 25.8 Å². The van der Waals surface area contributed by atoms with Crippen LogP contribution in [0.4, 0.5) is 19.0 Å². The molecule has 45 heavy (non-hydrogen) atoms. The normalized spacial score (nSPS) is 28.0. The van der Waals surface area contributed by atoms with Gasteiger partial charge in [-0.25, -0.2) is 13.2 Å². The van der Waals surface area contributed by atoms with Crippen molar-refractivity contribution < 1.29 is 28.1 Å². The third-order valence-corrected chi connectivity index (χ3v) is 10.6. The van der Waals surface area contributed by atoms with Crippen molar-refractivity contribution in [3.05, 3.63) is 47.7 Å². The molecule has 236 valence electrons. The highest BCUT2D eigenvalue weighted by Gasteiger charge is 2.49. The molecule has 0 spiro atoms. The number of fused-ring (bicyclic) bond motifs is 5. The lowest BCUT2D eigenvalue weighted by Crippen LogP contribution is -2.43. The number of aromatic hydroxyl groups is 1. The number of aliphatic hydroxyl groups excluding tert-OH is 1. The van der Waals surface area contributed by atoms with Gasteiger partial charge in [0.15, 0.2) is 5.82 Å². The van der Waals surface area contributed by atoms with Gasteiger partial charge in [-0.2, -0.15) is 9.97 Å². The fourth-order valence-electron chi connectivity index (χ4n) is 8.60. The lowest BCUT2D eigenvalue weighted by atomic mass is 9.94. The average molecular weight is 620 g/mol. The number of pyridine rings is 1. The van der Waals surface area contributed by atoms with Crippen molar-refractivity contribution in [1.82, 2.24) is 19.9 Å². The Labute approximate surface area is 258 Å². The zero-order valence-corrected chi connectivity index (χ0v) is 25.1. The van der Waals surface area contributed by atoms with Gasteiger partial charge < -0.3 is 19.8 Å².